The number of benzene rings is 1. The van der Waals surface area contributed by atoms with Gasteiger partial charge in [-0.2, -0.15) is 12.6 Å². The zero-order valence-corrected chi connectivity index (χ0v) is 11.0. The summed E-state index contributed by atoms with van der Waals surface area (Å²) < 4.78 is 4.72. The number of ether oxygens (including phenoxy) is 1. The first-order valence-corrected chi connectivity index (χ1v) is 5.99. The number of hydrogen-bond acceptors (Lipinski definition) is 4. The number of nitrogens with two attached hydrogens (primary N) is 1. The van der Waals surface area contributed by atoms with E-state index < -0.39 is 0 Å². The van der Waals surface area contributed by atoms with Crippen LogP contribution >= 0.6 is 12.6 Å². The highest BCUT2D eigenvalue weighted by Gasteiger charge is 2.11. The van der Waals surface area contributed by atoms with Crippen LogP contribution in [0.25, 0.3) is 6.08 Å². The van der Waals surface area contributed by atoms with Gasteiger partial charge >= 0.3 is 5.97 Å². The van der Waals surface area contributed by atoms with Gasteiger partial charge in [0.15, 0.2) is 0 Å². The van der Waals surface area contributed by atoms with Crippen molar-refractivity contribution in [3.8, 4) is 0 Å². The van der Waals surface area contributed by atoms with Gasteiger partial charge < -0.3 is 10.5 Å². The second kappa shape index (κ2) is 6.35. The van der Waals surface area contributed by atoms with E-state index in [-0.39, 0.29) is 5.97 Å². The summed E-state index contributed by atoms with van der Waals surface area (Å²) in [7, 11) is 1.36. The summed E-state index contributed by atoms with van der Waals surface area (Å²) in [6.07, 6.45) is 4.81. The van der Waals surface area contributed by atoms with Crippen LogP contribution in [0.15, 0.2) is 18.2 Å². The Labute approximate surface area is 107 Å². The summed E-state index contributed by atoms with van der Waals surface area (Å²) in [5.41, 5.74) is 8.62. The fourth-order valence-electron chi connectivity index (χ4n) is 1.47. The molecule has 0 saturated heterocycles. The fourth-order valence-corrected chi connectivity index (χ4v) is 1.62. The summed E-state index contributed by atoms with van der Waals surface area (Å²) in [5, 5.41) is 0. The Morgan fingerprint density at radius 1 is 1.53 bits per heavy atom. The molecule has 0 radical (unpaired) electrons. The van der Waals surface area contributed by atoms with E-state index in [9.17, 15) is 4.79 Å². The first-order valence-electron chi connectivity index (χ1n) is 5.36. The number of allylic oxidation sites excluding steroid dienone is 1. The number of thiol groups is 1. The third-order valence-corrected chi connectivity index (χ3v) is 2.74. The molecule has 0 spiro atoms. The van der Waals surface area contributed by atoms with Crippen molar-refractivity contribution in [3.05, 3.63) is 34.9 Å². The first kappa shape index (κ1) is 13.6. The Kier molecular flexibility index (Phi) is 5.10. The summed E-state index contributed by atoms with van der Waals surface area (Å²) in [6.45, 7) is 1.81. The van der Waals surface area contributed by atoms with Crippen LogP contribution in [0.4, 0.5) is 5.69 Å². The number of esters is 1. The maximum atomic E-state index is 11.6. The van der Waals surface area contributed by atoms with E-state index in [0.29, 0.717) is 11.3 Å². The number of nitrogen functional groups attached to an aromatic ring is 1. The molecule has 0 amide bonds. The molecule has 0 unspecified atom stereocenters. The van der Waals surface area contributed by atoms with Crippen LogP contribution in [0.2, 0.25) is 0 Å². The predicted octanol–water partition coefficient (Wildman–Crippen LogP) is 2.70. The largest absolute Gasteiger partial charge is 0.465 e. The van der Waals surface area contributed by atoms with Crippen molar-refractivity contribution in [2.75, 3.05) is 18.6 Å². The lowest BCUT2D eigenvalue weighted by atomic mass is 10.0. The minimum atomic E-state index is -0.362. The standard InChI is InChI=1S/C13H17NO2S/c1-9-11(13(15)16-2)7-10(8-12(9)14)5-3-4-6-17/h3,5,7-8,17H,4,6,14H2,1-2H3. The molecule has 0 atom stereocenters. The van der Waals surface area contributed by atoms with Gasteiger partial charge in [0, 0.05) is 5.69 Å². The number of hydrogen-bond donors (Lipinski definition) is 2. The number of anilines is 1. The minimum absolute atomic E-state index is 0.362. The monoisotopic (exact) mass is 251 g/mol. The van der Waals surface area contributed by atoms with Crippen LogP contribution in [-0.4, -0.2) is 18.8 Å². The molecule has 0 heterocycles. The molecule has 0 aliphatic carbocycles. The van der Waals surface area contributed by atoms with E-state index in [4.69, 9.17) is 10.5 Å². The molecule has 0 bridgehead atoms. The smallest absolute Gasteiger partial charge is 0.338 e. The van der Waals surface area contributed by atoms with E-state index in [1.165, 1.54) is 7.11 Å². The van der Waals surface area contributed by atoms with Crippen molar-refractivity contribution in [1.29, 1.82) is 0 Å². The Balaban J connectivity index is 3.10. The SMILES string of the molecule is COC(=O)c1cc(C=CCCS)cc(N)c1C. The van der Waals surface area contributed by atoms with Crippen LogP contribution in [-0.2, 0) is 4.74 Å². The van der Waals surface area contributed by atoms with Gasteiger partial charge in [0.25, 0.3) is 0 Å². The van der Waals surface area contributed by atoms with E-state index in [1.807, 2.05) is 25.1 Å². The van der Waals surface area contributed by atoms with Gasteiger partial charge in [-0.3, -0.25) is 0 Å². The third kappa shape index (κ3) is 3.53. The molecule has 2 N–H and O–H groups in total. The van der Waals surface area contributed by atoms with Crippen LogP contribution in [0.1, 0.15) is 27.9 Å². The molecular weight excluding hydrogens is 234 g/mol. The number of carbonyl (C=O) groups excluding carboxylic acids is 1. The van der Waals surface area contributed by atoms with Crippen molar-refractivity contribution in [2.45, 2.75) is 13.3 Å². The average Bonchev–Trinajstić information content (AvgIpc) is 2.32. The van der Waals surface area contributed by atoms with Gasteiger partial charge in [0.05, 0.1) is 12.7 Å². The number of methoxy groups -OCH3 is 1. The lowest BCUT2D eigenvalue weighted by Gasteiger charge is -2.08. The van der Waals surface area contributed by atoms with Crippen molar-refractivity contribution in [3.63, 3.8) is 0 Å². The third-order valence-electron chi connectivity index (χ3n) is 2.48. The van der Waals surface area contributed by atoms with Crippen molar-refractivity contribution in [1.82, 2.24) is 0 Å². The van der Waals surface area contributed by atoms with Crippen LogP contribution in [0, 0.1) is 6.92 Å². The van der Waals surface area contributed by atoms with Crippen molar-refractivity contribution >= 4 is 30.4 Å². The van der Waals surface area contributed by atoms with Gasteiger partial charge in [0.1, 0.15) is 0 Å². The Bertz CT molecular complexity index is 441. The molecular formula is C13H17NO2S. The first-order chi connectivity index (χ1) is 8.10. The zero-order valence-electron chi connectivity index (χ0n) is 10.1. The van der Waals surface area contributed by atoms with Gasteiger partial charge in [-0.1, -0.05) is 12.2 Å². The van der Waals surface area contributed by atoms with E-state index in [1.54, 1.807) is 6.07 Å². The number of carbonyl (C=O) groups is 1. The highest BCUT2D eigenvalue weighted by Crippen LogP contribution is 2.20. The second-order valence-electron chi connectivity index (χ2n) is 3.69. The lowest BCUT2D eigenvalue weighted by Crippen LogP contribution is -2.06. The summed E-state index contributed by atoms with van der Waals surface area (Å²) in [6, 6.07) is 3.63. The maximum Gasteiger partial charge on any atom is 0.338 e. The molecule has 0 fully saturated rings. The average molecular weight is 251 g/mol. The quantitative estimate of drug-likeness (QED) is 0.491. The van der Waals surface area contributed by atoms with E-state index >= 15 is 0 Å². The van der Waals surface area contributed by atoms with Crippen LogP contribution in [0.5, 0.6) is 0 Å². The fraction of sp³-hybridized carbons (Fsp3) is 0.308. The summed E-state index contributed by atoms with van der Waals surface area (Å²) in [5.74, 6) is 0.431. The molecule has 0 aliphatic heterocycles. The Morgan fingerprint density at radius 3 is 2.82 bits per heavy atom. The molecule has 0 aromatic heterocycles. The molecule has 0 saturated carbocycles. The lowest BCUT2D eigenvalue weighted by molar-refractivity contribution is 0.0600. The number of rotatable bonds is 4. The van der Waals surface area contributed by atoms with Gasteiger partial charge in [-0.05, 0) is 42.4 Å². The topological polar surface area (TPSA) is 52.3 Å². The van der Waals surface area contributed by atoms with Crippen molar-refractivity contribution in [2.24, 2.45) is 0 Å². The molecule has 3 nitrogen and oxygen atoms in total. The van der Waals surface area contributed by atoms with Crippen LogP contribution in [0.3, 0.4) is 0 Å². The molecule has 1 rings (SSSR count). The Hall–Kier alpha value is -1.42. The van der Waals surface area contributed by atoms with Crippen LogP contribution < -0.4 is 5.73 Å². The normalized spacial score (nSPS) is 10.8. The maximum absolute atomic E-state index is 11.6. The minimum Gasteiger partial charge on any atom is -0.465 e. The summed E-state index contributed by atoms with van der Waals surface area (Å²) >= 11 is 4.12. The van der Waals surface area contributed by atoms with Crippen molar-refractivity contribution < 1.29 is 9.53 Å². The molecule has 17 heavy (non-hydrogen) atoms. The molecule has 0 aliphatic rings. The van der Waals surface area contributed by atoms with E-state index in [2.05, 4.69) is 12.6 Å². The molecule has 4 heteroatoms. The van der Waals surface area contributed by atoms with Gasteiger partial charge in [-0.15, -0.1) is 0 Å². The second-order valence-corrected chi connectivity index (χ2v) is 4.14. The predicted molar refractivity (Wildman–Crippen MR) is 74.4 cm³/mol. The Morgan fingerprint density at radius 2 is 2.24 bits per heavy atom. The van der Waals surface area contributed by atoms with Gasteiger partial charge in [0.2, 0.25) is 0 Å². The van der Waals surface area contributed by atoms with E-state index in [0.717, 1.165) is 23.3 Å². The molecule has 1 aromatic rings. The molecule has 1 aromatic carbocycles. The highest BCUT2D eigenvalue weighted by atomic mass is 32.1. The molecule has 92 valence electrons. The van der Waals surface area contributed by atoms with Gasteiger partial charge in [-0.25, -0.2) is 4.79 Å². The summed E-state index contributed by atoms with van der Waals surface area (Å²) in [4.78, 5) is 11.6. The highest BCUT2D eigenvalue weighted by molar-refractivity contribution is 7.80. The zero-order chi connectivity index (χ0) is 12.8.